The molecule has 0 aliphatic rings. The van der Waals surface area contributed by atoms with Crippen molar-refractivity contribution in [2.45, 2.75) is 13.8 Å². The summed E-state index contributed by atoms with van der Waals surface area (Å²) in [6.45, 7) is 3.81. The van der Waals surface area contributed by atoms with Crippen LogP contribution in [0.25, 0.3) is 17.2 Å². The number of aromatic nitrogens is 4. The molecule has 2 heterocycles. The Kier molecular flexibility index (Phi) is 2.26. The lowest BCUT2D eigenvalue weighted by atomic mass is 10.1. The summed E-state index contributed by atoms with van der Waals surface area (Å²) in [6.07, 6.45) is 0. The molecule has 0 amide bonds. The van der Waals surface area contributed by atoms with Crippen LogP contribution in [0.5, 0.6) is 0 Å². The van der Waals surface area contributed by atoms with Crippen molar-refractivity contribution in [3.8, 4) is 11.4 Å². The van der Waals surface area contributed by atoms with Gasteiger partial charge in [0.25, 0.3) is 11.3 Å². The minimum Gasteiger partial charge on any atom is -0.271 e. The van der Waals surface area contributed by atoms with Crippen molar-refractivity contribution < 1.29 is 0 Å². The summed E-state index contributed by atoms with van der Waals surface area (Å²) >= 11 is 0. The second kappa shape index (κ2) is 3.80. The maximum absolute atomic E-state index is 11.8. The molecule has 1 aromatic carbocycles. The van der Waals surface area contributed by atoms with E-state index in [9.17, 15) is 4.79 Å². The van der Waals surface area contributed by atoms with Gasteiger partial charge in [-0.1, -0.05) is 29.8 Å². The van der Waals surface area contributed by atoms with Gasteiger partial charge in [0.05, 0.1) is 0 Å². The second-order valence-corrected chi connectivity index (χ2v) is 4.31. The molecule has 0 aliphatic carbocycles. The van der Waals surface area contributed by atoms with Crippen molar-refractivity contribution in [3.05, 3.63) is 51.9 Å². The molecular weight excluding hydrogens is 228 g/mol. The van der Waals surface area contributed by atoms with Gasteiger partial charge < -0.3 is 0 Å². The van der Waals surface area contributed by atoms with Gasteiger partial charge in [-0.05, 0) is 13.8 Å². The van der Waals surface area contributed by atoms with E-state index in [0.717, 1.165) is 5.56 Å². The first-order chi connectivity index (χ1) is 8.63. The smallest absolute Gasteiger partial charge is 0.271 e. The third kappa shape index (κ3) is 1.69. The molecule has 0 saturated carbocycles. The Morgan fingerprint density at radius 2 is 1.83 bits per heavy atom. The topological polar surface area (TPSA) is 63.1 Å². The first kappa shape index (κ1) is 10.7. The third-order valence-electron chi connectivity index (χ3n) is 2.78. The molecule has 0 radical (unpaired) electrons. The molecule has 90 valence electrons. The zero-order valence-electron chi connectivity index (χ0n) is 10.1. The highest BCUT2D eigenvalue weighted by Crippen LogP contribution is 2.15. The predicted octanol–water partition coefficient (Wildman–Crippen LogP) is 1.70. The van der Waals surface area contributed by atoms with Crippen molar-refractivity contribution in [2.75, 3.05) is 0 Å². The number of nitrogens with one attached hydrogen (secondary N) is 1. The second-order valence-electron chi connectivity index (χ2n) is 4.31. The highest BCUT2D eigenvalue weighted by atomic mass is 16.1. The fourth-order valence-corrected chi connectivity index (χ4v) is 1.83. The minimum absolute atomic E-state index is 0.150. The van der Waals surface area contributed by atoms with E-state index >= 15 is 0 Å². The van der Waals surface area contributed by atoms with E-state index in [1.807, 2.05) is 31.2 Å². The van der Waals surface area contributed by atoms with Crippen molar-refractivity contribution >= 4 is 5.78 Å². The number of fused-ring (bicyclic) bond motifs is 1. The highest BCUT2D eigenvalue weighted by molar-refractivity contribution is 5.57. The number of rotatable bonds is 1. The van der Waals surface area contributed by atoms with E-state index in [1.54, 1.807) is 6.92 Å². The van der Waals surface area contributed by atoms with Gasteiger partial charge in [0.1, 0.15) is 0 Å². The van der Waals surface area contributed by atoms with Gasteiger partial charge in [-0.15, -0.1) is 0 Å². The Balaban J connectivity index is 2.22. The molecule has 5 heteroatoms. The lowest BCUT2D eigenvalue weighted by molar-refractivity contribution is 0.892. The van der Waals surface area contributed by atoms with Crippen LogP contribution in [0.4, 0.5) is 0 Å². The molecule has 0 unspecified atom stereocenters. The number of nitrogens with zero attached hydrogens (tertiary/aromatic N) is 3. The molecule has 0 fully saturated rings. The number of aryl methyl sites for hydroxylation is 2. The highest BCUT2D eigenvalue weighted by Gasteiger charge is 2.07. The van der Waals surface area contributed by atoms with Crippen molar-refractivity contribution in [1.82, 2.24) is 19.6 Å². The van der Waals surface area contributed by atoms with Crippen LogP contribution in [0, 0.1) is 13.8 Å². The summed E-state index contributed by atoms with van der Waals surface area (Å²) in [5.41, 5.74) is 2.63. The molecule has 0 atom stereocenters. The molecular formula is C13H12N4O. The fourth-order valence-electron chi connectivity index (χ4n) is 1.83. The van der Waals surface area contributed by atoms with E-state index < -0.39 is 0 Å². The summed E-state index contributed by atoms with van der Waals surface area (Å²) in [5, 5.41) is 2.96. The van der Waals surface area contributed by atoms with Crippen LogP contribution in [0.2, 0.25) is 0 Å². The van der Waals surface area contributed by atoms with Crippen LogP contribution < -0.4 is 5.56 Å². The van der Waals surface area contributed by atoms with Gasteiger partial charge in [-0.3, -0.25) is 9.89 Å². The van der Waals surface area contributed by atoms with Crippen LogP contribution in [0.15, 0.2) is 35.1 Å². The van der Waals surface area contributed by atoms with Gasteiger partial charge in [0.15, 0.2) is 5.82 Å². The Hall–Kier alpha value is -2.43. The molecule has 2 aromatic heterocycles. The molecule has 18 heavy (non-hydrogen) atoms. The van der Waals surface area contributed by atoms with Crippen molar-refractivity contribution in [1.29, 1.82) is 0 Å². The normalized spacial score (nSPS) is 11.0. The van der Waals surface area contributed by atoms with Crippen molar-refractivity contribution in [3.63, 3.8) is 0 Å². The van der Waals surface area contributed by atoms with Gasteiger partial charge in [-0.2, -0.15) is 9.50 Å². The third-order valence-corrected chi connectivity index (χ3v) is 2.78. The SMILES string of the molecule is Cc1ccc(-c2nc3nc(C)cc(=O)n3[nH]2)cc1. The minimum atomic E-state index is -0.150. The van der Waals surface area contributed by atoms with Crippen LogP contribution >= 0.6 is 0 Å². The Bertz CT molecular complexity index is 768. The molecule has 1 N–H and O–H groups in total. The van der Waals surface area contributed by atoms with E-state index in [0.29, 0.717) is 17.3 Å². The van der Waals surface area contributed by atoms with Crippen LogP contribution in [0.3, 0.4) is 0 Å². The lowest BCUT2D eigenvalue weighted by Crippen LogP contribution is -2.14. The van der Waals surface area contributed by atoms with E-state index in [2.05, 4.69) is 15.1 Å². The predicted molar refractivity (Wildman–Crippen MR) is 68.5 cm³/mol. The van der Waals surface area contributed by atoms with Crippen LogP contribution in [0.1, 0.15) is 11.3 Å². The van der Waals surface area contributed by atoms with Gasteiger partial charge in [0.2, 0.25) is 0 Å². The molecule has 0 aliphatic heterocycles. The number of hydrogen-bond acceptors (Lipinski definition) is 3. The Labute approximate surface area is 103 Å². The molecule has 3 rings (SSSR count). The zero-order chi connectivity index (χ0) is 12.7. The average Bonchev–Trinajstić information content (AvgIpc) is 2.74. The van der Waals surface area contributed by atoms with Crippen LogP contribution in [-0.2, 0) is 0 Å². The zero-order valence-corrected chi connectivity index (χ0v) is 10.1. The summed E-state index contributed by atoms with van der Waals surface area (Å²) in [6, 6.07) is 9.41. The van der Waals surface area contributed by atoms with Crippen LogP contribution in [-0.4, -0.2) is 19.6 Å². The first-order valence-corrected chi connectivity index (χ1v) is 5.67. The largest absolute Gasteiger partial charge is 0.274 e. The van der Waals surface area contributed by atoms with Gasteiger partial charge in [0, 0.05) is 17.3 Å². The number of H-pyrrole nitrogens is 1. The van der Waals surface area contributed by atoms with Gasteiger partial charge >= 0.3 is 0 Å². The van der Waals surface area contributed by atoms with E-state index in [4.69, 9.17) is 0 Å². The fraction of sp³-hybridized carbons (Fsp3) is 0.154. The number of aromatic amines is 1. The molecule has 0 bridgehead atoms. The summed E-state index contributed by atoms with van der Waals surface area (Å²) in [7, 11) is 0. The molecule has 3 aromatic rings. The molecule has 0 spiro atoms. The van der Waals surface area contributed by atoms with E-state index in [1.165, 1.54) is 16.1 Å². The number of benzene rings is 1. The quantitative estimate of drug-likeness (QED) is 0.704. The average molecular weight is 240 g/mol. The Morgan fingerprint density at radius 1 is 1.11 bits per heavy atom. The van der Waals surface area contributed by atoms with E-state index in [-0.39, 0.29) is 5.56 Å². The molecule has 0 saturated heterocycles. The maximum atomic E-state index is 11.8. The summed E-state index contributed by atoms with van der Waals surface area (Å²) < 4.78 is 1.35. The summed E-state index contributed by atoms with van der Waals surface area (Å²) in [4.78, 5) is 20.3. The maximum Gasteiger partial charge on any atom is 0.274 e. The van der Waals surface area contributed by atoms with Crippen molar-refractivity contribution in [2.24, 2.45) is 0 Å². The lowest BCUT2D eigenvalue weighted by Gasteiger charge is -1.96. The monoisotopic (exact) mass is 240 g/mol. The van der Waals surface area contributed by atoms with Gasteiger partial charge in [-0.25, -0.2) is 4.98 Å². The standard InChI is InChI=1S/C13H12N4O/c1-8-3-5-10(6-4-8)12-15-13-14-9(2)7-11(18)17(13)16-12/h3-7H,1-2H3,(H,14,15,16). The Morgan fingerprint density at radius 3 is 2.56 bits per heavy atom. The molecule has 5 nitrogen and oxygen atoms in total. The first-order valence-electron chi connectivity index (χ1n) is 5.67. The number of hydrogen-bond donors (Lipinski definition) is 1. The summed E-state index contributed by atoms with van der Waals surface area (Å²) in [5.74, 6) is 1.04.